The van der Waals surface area contributed by atoms with Gasteiger partial charge in [0.05, 0.1) is 6.04 Å². The fraction of sp³-hybridized carbons (Fsp3) is 0.476. The van der Waals surface area contributed by atoms with Crippen LogP contribution in [0.2, 0.25) is 0 Å². The summed E-state index contributed by atoms with van der Waals surface area (Å²) in [4.78, 5) is 9.22. The fourth-order valence-electron chi connectivity index (χ4n) is 3.50. The number of benzene rings is 2. The molecule has 0 saturated carbocycles. The molecule has 0 amide bonds. The Labute approximate surface area is 157 Å². The summed E-state index contributed by atoms with van der Waals surface area (Å²) in [6.45, 7) is 6.41. The molecule has 5 nitrogen and oxygen atoms in total. The van der Waals surface area contributed by atoms with E-state index < -0.39 is 0 Å². The lowest BCUT2D eigenvalue weighted by molar-refractivity contribution is 0.116. The predicted octanol–water partition coefficient (Wildman–Crippen LogP) is 2.31. The molecule has 0 aliphatic carbocycles. The van der Waals surface area contributed by atoms with Gasteiger partial charge in [-0.1, -0.05) is 36.4 Å². The molecule has 2 aromatic carbocycles. The van der Waals surface area contributed by atoms with Gasteiger partial charge in [-0.3, -0.25) is 9.89 Å². The van der Waals surface area contributed by atoms with Crippen molar-refractivity contribution >= 4 is 16.7 Å². The summed E-state index contributed by atoms with van der Waals surface area (Å²) in [6.07, 6.45) is 0. The van der Waals surface area contributed by atoms with Gasteiger partial charge in [-0.2, -0.15) is 0 Å². The highest BCUT2D eigenvalue weighted by Crippen LogP contribution is 2.20. The maximum atomic E-state index is 4.41. The maximum absolute atomic E-state index is 4.41. The van der Waals surface area contributed by atoms with Crippen LogP contribution in [0.1, 0.15) is 18.5 Å². The second-order valence-corrected chi connectivity index (χ2v) is 7.32. The average molecular weight is 354 g/mol. The summed E-state index contributed by atoms with van der Waals surface area (Å²) >= 11 is 0. The molecule has 1 saturated heterocycles. The van der Waals surface area contributed by atoms with E-state index in [1.165, 1.54) is 16.3 Å². The van der Waals surface area contributed by atoms with Gasteiger partial charge in [-0.25, -0.2) is 0 Å². The standard InChI is InChI=1S/C21H31N5/c1-16(18-10-9-17-7-5-6-8-19(17)13-18)24-21(22-2)23-14-20-15-25(3)11-12-26(20)4/h5-10,13,16,20H,11-12,14-15H2,1-4H3,(H2,22,23,24). The normalized spacial score (nSPS) is 20.9. The van der Waals surface area contributed by atoms with Crippen molar-refractivity contribution in [3.05, 3.63) is 48.0 Å². The molecular formula is C21H31N5. The van der Waals surface area contributed by atoms with Crippen molar-refractivity contribution in [2.45, 2.75) is 19.0 Å². The Morgan fingerprint density at radius 1 is 1.15 bits per heavy atom. The Hall–Kier alpha value is -2.11. The van der Waals surface area contributed by atoms with E-state index in [1.54, 1.807) is 0 Å². The summed E-state index contributed by atoms with van der Waals surface area (Å²) in [5.41, 5.74) is 1.26. The molecule has 26 heavy (non-hydrogen) atoms. The van der Waals surface area contributed by atoms with Gasteiger partial charge in [0, 0.05) is 39.3 Å². The summed E-state index contributed by atoms with van der Waals surface area (Å²) in [7, 11) is 6.22. The molecule has 2 N–H and O–H groups in total. The van der Waals surface area contributed by atoms with Gasteiger partial charge in [0.2, 0.25) is 0 Å². The van der Waals surface area contributed by atoms with Crippen molar-refractivity contribution in [1.29, 1.82) is 0 Å². The Morgan fingerprint density at radius 3 is 2.69 bits per heavy atom. The lowest BCUT2D eigenvalue weighted by Gasteiger charge is -2.38. The van der Waals surface area contributed by atoms with Crippen LogP contribution in [0.3, 0.4) is 0 Å². The van der Waals surface area contributed by atoms with Gasteiger partial charge < -0.3 is 15.5 Å². The molecule has 1 aliphatic heterocycles. The summed E-state index contributed by atoms with van der Waals surface area (Å²) in [5, 5.41) is 9.56. The van der Waals surface area contributed by atoms with Crippen LogP contribution >= 0.6 is 0 Å². The first kappa shape index (κ1) is 18.7. The zero-order valence-electron chi connectivity index (χ0n) is 16.4. The van der Waals surface area contributed by atoms with E-state index in [4.69, 9.17) is 0 Å². The highest BCUT2D eigenvalue weighted by Gasteiger charge is 2.22. The quantitative estimate of drug-likeness (QED) is 0.654. The number of fused-ring (bicyclic) bond motifs is 1. The van der Waals surface area contributed by atoms with Crippen molar-refractivity contribution < 1.29 is 0 Å². The second kappa shape index (κ2) is 8.52. The molecule has 1 heterocycles. The number of rotatable bonds is 4. The number of hydrogen-bond acceptors (Lipinski definition) is 3. The molecule has 0 spiro atoms. The van der Waals surface area contributed by atoms with Crippen LogP contribution in [0, 0.1) is 0 Å². The Morgan fingerprint density at radius 2 is 1.92 bits per heavy atom. The minimum absolute atomic E-state index is 0.192. The third-order valence-corrected chi connectivity index (χ3v) is 5.34. The van der Waals surface area contributed by atoms with Crippen molar-refractivity contribution in [3.63, 3.8) is 0 Å². The molecule has 0 bridgehead atoms. The third kappa shape index (κ3) is 4.54. The van der Waals surface area contributed by atoms with Crippen LogP contribution < -0.4 is 10.6 Å². The largest absolute Gasteiger partial charge is 0.355 e. The highest BCUT2D eigenvalue weighted by molar-refractivity contribution is 5.84. The average Bonchev–Trinajstić information content (AvgIpc) is 2.66. The molecule has 2 unspecified atom stereocenters. The Bertz CT molecular complexity index is 757. The maximum Gasteiger partial charge on any atom is 0.191 e. The van der Waals surface area contributed by atoms with Crippen LogP contribution in [0.5, 0.6) is 0 Å². The molecule has 2 atom stereocenters. The van der Waals surface area contributed by atoms with E-state index in [2.05, 4.69) is 88.9 Å². The first-order valence-electron chi connectivity index (χ1n) is 9.41. The summed E-state index contributed by atoms with van der Waals surface area (Å²) < 4.78 is 0. The summed E-state index contributed by atoms with van der Waals surface area (Å²) in [6, 6.07) is 15.8. The van der Waals surface area contributed by atoms with Crippen molar-refractivity contribution in [3.8, 4) is 0 Å². The molecule has 140 valence electrons. The van der Waals surface area contributed by atoms with Crippen LogP contribution in [-0.4, -0.2) is 69.1 Å². The van der Waals surface area contributed by atoms with Gasteiger partial charge in [0.25, 0.3) is 0 Å². The minimum atomic E-state index is 0.192. The molecule has 3 rings (SSSR count). The van der Waals surface area contributed by atoms with Crippen LogP contribution in [0.25, 0.3) is 10.8 Å². The van der Waals surface area contributed by atoms with E-state index in [1.807, 2.05) is 7.05 Å². The lowest BCUT2D eigenvalue weighted by atomic mass is 10.0. The number of hydrogen-bond donors (Lipinski definition) is 2. The molecule has 0 radical (unpaired) electrons. The van der Waals surface area contributed by atoms with Gasteiger partial charge in [0.1, 0.15) is 0 Å². The minimum Gasteiger partial charge on any atom is -0.355 e. The van der Waals surface area contributed by atoms with Crippen LogP contribution in [0.4, 0.5) is 0 Å². The Balaban J connectivity index is 1.60. The van der Waals surface area contributed by atoms with Crippen molar-refractivity contribution in [2.24, 2.45) is 4.99 Å². The van der Waals surface area contributed by atoms with E-state index in [0.717, 1.165) is 32.1 Å². The number of aliphatic imine (C=N–C) groups is 1. The molecule has 2 aromatic rings. The first-order valence-corrected chi connectivity index (χ1v) is 9.41. The molecule has 1 fully saturated rings. The van der Waals surface area contributed by atoms with Gasteiger partial charge in [-0.15, -0.1) is 0 Å². The van der Waals surface area contributed by atoms with E-state index >= 15 is 0 Å². The van der Waals surface area contributed by atoms with Crippen molar-refractivity contribution in [2.75, 3.05) is 47.3 Å². The zero-order chi connectivity index (χ0) is 18.5. The Kier molecular flexibility index (Phi) is 6.12. The smallest absolute Gasteiger partial charge is 0.191 e. The van der Waals surface area contributed by atoms with Crippen LogP contribution in [-0.2, 0) is 0 Å². The van der Waals surface area contributed by atoms with Crippen LogP contribution in [0.15, 0.2) is 47.5 Å². The van der Waals surface area contributed by atoms with Gasteiger partial charge in [0.15, 0.2) is 5.96 Å². The number of nitrogens with one attached hydrogen (secondary N) is 2. The number of piperazine rings is 1. The molecule has 0 aromatic heterocycles. The lowest BCUT2D eigenvalue weighted by Crippen LogP contribution is -2.55. The van der Waals surface area contributed by atoms with Gasteiger partial charge >= 0.3 is 0 Å². The topological polar surface area (TPSA) is 42.9 Å². The number of guanidine groups is 1. The first-order chi connectivity index (χ1) is 12.6. The van der Waals surface area contributed by atoms with Crippen molar-refractivity contribution in [1.82, 2.24) is 20.4 Å². The van der Waals surface area contributed by atoms with Gasteiger partial charge in [-0.05, 0) is 43.4 Å². The summed E-state index contributed by atoms with van der Waals surface area (Å²) in [5.74, 6) is 0.854. The zero-order valence-corrected chi connectivity index (χ0v) is 16.4. The number of nitrogens with zero attached hydrogens (tertiary/aromatic N) is 3. The predicted molar refractivity (Wildman–Crippen MR) is 111 cm³/mol. The monoisotopic (exact) mass is 353 g/mol. The SMILES string of the molecule is CN=C(NCC1CN(C)CCN1C)NC(C)c1ccc2ccccc2c1. The van der Waals surface area contributed by atoms with E-state index in [0.29, 0.717) is 6.04 Å². The van der Waals surface area contributed by atoms with E-state index in [9.17, 15) is 0 Å². The number of likely N-dealkylation sites (N-methyl/N-ethyl adjacent to an activating group) is 2. The highest BCUT2D eigenvalue weighted by atomic mass is 15.3. The molecular weight excluding hydrogens is 322 g/mol. The van der Waals surface area contributed by atoms with E-state index in [-0.39, 0.29) is 6.04 Å². The second-order valence-electron chi connectivity index (χ2n) is 7.32. The molecule has 5 heteroatoms. The fourth-order valence-corrected chi connectivity index (χ4v) is 3.50. The third-order valence-electron chi connectivity index (χ3n) is 5.34. The molecule has 1 aliphatic rings.